The quantitative estimate of drug-likeness (QED) is 0.618. The number of ether oxygens (including phenoxy) is 4. The molecule has 120 valence electrons. The van der Waals surface area contributed by atoms with Gasteiger partial charge in [-0.1, -0.05) is 6.07 Å². The van der Waals surface area contributed by atoms with Crippen molar-refractivity contribution in [2.45, 2.75) is 0 Å². The van der Waals surface area contributed by atoms with Crippen LogP contribution in [0.5, 0.6) is 17.2 Å². The van der Waals surface area contributed by atoms with Gasteiger partial charge in [-0.25, -0.2) is 4.79 Å². The van der Waals surface area contributed by atoms with Crippen molar-refractivity contribution in [3.05, 3.63) is 40.1 Å². The summed E-state index contributed by atoms with van der Waals surface area (Å²) < 4.78 is 21.2. The molecular weight excluding hydrogens is 320 g/mol. The zero-order chi connectivity index (χ0) is 16.2. The summed E-state index contributed by atoms with van der Waals surface area (Å²) in [7, 11) is 1.48. The third-order valence-electron chi connectivity index (χ3n) is 3.19. The highest BCUT2D eigenvalue weighted by Gasteiger charge is 2.22. The minimum atomic E-state index is -0.620. The number of methoxy groups -OCH3 is 1. The predicted octanol–water partition coefficient (Wildman–Crippen LogP) is 2.57. The van der Waals surface area contributed by atoms with Crippen molar-refractivity contribution in [3.8, 4) is 17.2 Å². The summed E-state index contributed by atoms with van der Waals surface area (Å²) in [6, 6.07) is 6.49. The Hall–Kier alpha value is -2.54. The third-order valence-corrected chi connectivity index (χ3v) is 4.10. The Bertz CT molecular complexity index is 705. The molecule has 1 aliphatic rings. The molecule has 0 saturated carbocycles. The maximum Gasteiger partial charge on any atom is 0.338 e. The van der Waals surface area contributed by atoms with Gasteiger partial charge in [0.2, 0.25) is 11.5 Å². The molecule has 2 aromatic rings. The first-order chi connectivity index (χ1) is 11.2. The molecule has 1 aliphatic heterocycles. The van der Waals surface area contributed by atoms with E-state index in [4.69, 9.17) is 18.9 Å². The average molecular weight is 334 g/mol. The first-order valence-electron chi connectivity index (χ1n) is 6.90. The highest BCUT2D eigenvalue weighted by Crippen LogP contribution is 2.40. The van der Waals surface area contributed by atoms with Crippen molar-refractivity contribution in [3.63, 3.8) is 0 Å². The van der Waals surface area contributed by atoms with Gasteiger partial charge < -0.3 is 18.9 Å². The number of carbonyl (C=O) groups excluding carboxylic acids is 2. The second-order valence-electron chi connectivity index (χ2n) is 4.68. The molecule has 0 N–H and O–H groups in total. The monoisotopic (exact) mass is 334 g/mol. The molecular formula is C16H14O6S. The number of ketones is 1. The second kappa shape index (κ2) is 6.70. The van der Waals surface area contributed by atoms with Gasteiger partial charge in [-0.2, -0.15) is 0 Å². The van der Waals surface area contributed by atoms with Crippen LogP contribution in [0.25, 0.3) is 0 Å². The maximum atomic E-state index is 12.1. The molecule has 0 fully saturated rings. The van der Waals surface area contributed by atoms with Crippen LogP contribution in [0, 0.1) is 0 Å². The summed E-state index contributed by atoms with van der Waals surface area (Å²) in [4.78, 5) is 24.6. The molecule has 2 heterocycles. The summed E-state index contributed by atoms with van der Waals surface area (Å²) in [5, 5.41) is 1.79. The molecule has 6 nitrogen and oxygen atoms in total. The molecule has 0 bridgehead atoms. The Morgan fingerprint density at radius 2 is 2.09 bits per heavy atom. The van der Waals surface area contributed by atoms with Gasteiger partial charge in [-0.3, -0.25) is 4.79 Å². The fourth-order valence-corrected chi connectivity index (χ4v) is 2.76. The molecule has 7 heteroatoms. The lowest BCUT2D eigenvalue weighted by Gasteiger charge is -2.21. The average Bonchev–Trinajstić information content (AvgIpc) is 3.13. The molecule has 0 aliphatic carbocycles. The van der Waals surface area contributed by atoms with Crippen molar-refractivity contribution in [1.82, 2.24) is 0 Å². The summed E-state index contributed by atoms with van der Waals surface area (Å²) in [6.07, 6.45) is 0. The standard InChI is InChI=1S/C16H14O6S/c1-19-12-7-10(8-13-15(12)21-5-4-20-13)16(18)22-9-11(17)14-3-2-6-23-14/h2-3,6-8H,4-5,9H2,1H3. The number of Topliss-reactive ketones (excluding diaryl/α,β-unsaturated/α-hetero) is 1. The Morgan fingerprint density at radius 1 is 1.26 bits per heavy atom. The lowest BCUT2D eigenvalue weighted by Crippen LogP contribution is -2.18. The van der Waals surface area contributed by atoms with E-state index in [1.807, 2.05) is 0 Å². The highest BCUT2D eigenvalue weighted by molar-refractivity contribution is 7.12. The Balaban J connectivity index is 1.73. The van der Waals surface area contributed by atoms with E-state index in [0.29, 0.717) is 35.3 Å². The molecule has 1 aromatic carbocycles. The number of benzene rings is 1. The van der Waals surface area contributed by atoms with Crippen molar-refractivity contribution >= 4 is 23.1 Å². The number of hydrogen-bond acceptors (Lipinski definition) is 7. The maximum absolute atomic E-state index is 12.1. The van der Waals surface area contributed by atoms with Crippen LogP contribution in [0.4, 0.5) is 0 Å². The van der Waals surface area contributed by atoms with E-state index in [-0.39, 0.29) is 18.0 Å². The summed E-state index contributed by atoms with van der Waals surface area (Å²) >= 11 is 1.31. The zero-order valence-electron chi connectivity index (χ0n) is 12.4. The molecule has 23 heavy (non-hydrogen) atoms. The van der Waals surface area contributed by atoms with Gasteiger partial charge in [-0.15, -0.1) is 11.3 Å². The minimum absolute atomic E-state index is 0.238. The Kier molecular flexibility index (Phi) is 4.47. The Morgan fingerprint density at radius 3 is 2.83 bits per heavy atom. The van der Waals surface area contributed by atoms with Gasteiger partial charge in [-0.05, 0) is 23.6 Å². The number of carbonyl (C=O) groups is 2. The van der Waals surface area contributed by atoms with Crippen LogP contribution in [0.2, 0.25) is 0 Å². The van der Waals surface area contributed by atoms with Gasteiger partial charge >= 0.3 is 5.97 Å². The molecule has 0 spiro atoms. The lowest BCUT2D eigenvalue weighted by molar-refractivity contribution is 0.0474. The SMILES string of the molecule is COc1cc(C(=O)OCC(=O)c2cccs2)cc2c1OCCO2. The number of thiophene rings is 1. The number of rotatable bonds is 5. The summed E-state index contributed by atoms with van der Waals surface area (Å²) in [5.74, 6) is 0.416. The molecule has 0 saturated heterocycles. The van der Waals surface area contributed by atoms with Crippen molar-refractivity contribution in [2.75, 3.05) is 26.9 Å². The third kappa shape index (κ3) is 3.29. The molecule has 3 rings (SSSR count). The van der Waals surface area contributed by atoms with Gasteiger partial charge in [0.25, 0.3) is 0 Å². The number of hydrogen-bond donors (Lipinski definition) is 0. The topological polar surface area (TPSA) is 71.1 Å². The molecule has 0 amide bonds. The first-order valence-corrected chi connectivity index (χ1v) is 7.78. The van der Waals surface area contributed by atoms with Gasteiger partial charge in [0.1, 0.15) is 13.2 Å². The van der Waals surface area contributed by atoms with Crippen LogP contribution in [0.1, 0.15) is 20.0 Å². The van der Waals surface area contributed by atoms with E-state index >= 15 is 0 Å². The smallest absolute Gasteiger partial charge is 0.338 e. The van der Waals surface area contributed by atoms with E-state index in [1.54, 1.807) is 17.5 Å². The van der Waals surface area contributed by atoms with Gasteiger partial charge in [0, 0.05) is 0 Å². The summed E-state index contributed by atoms with van der Waals surface area (Å²) in [6.45, 7) is 0.504. The fourth-order valence-electron chi connectivity index (χ4n) is 2.11. The van der Waals surface area contributed by atoms with Crippen LogP contribution in [-0.2, 0) is 4.74 Å². The van der Waals surface area contributed by atoms with Gasteiger partial charge in [0.05, 0.1) is 17.6 Å². The second-order valence-corrected chi connectivity index (χ2v) is 5.63. The van der Waals surface area contributed by atoms with Crippen LogP contribution in [-0.4, -0.2) is 38.7 Å². The van der Waals surface area contributed by atoms with E-state index in [0.717, 1.165) is 0 Å². The van der Waals surface area contributed by atoms with Crippen LogP contribution < -0.4 is 14.2 Å². The van der Waals surface area contributed by atoms with E-state index in [1.165, 1.54) is 30.6 Å². The van der Waals surface area contributed by atoms with Crippen molar-refractivity contribution in [2.24, 2.45) is 0 Å². The van der Waals surface area contributed by atoms with E-state index in [2.05, 4.69) is 0 Å². The van der Waals surface area contributed by atoms with Gasteiger partial charge in [0.15, 0.2) is 18.1 Å². The van der Waals surface area contributed by atoms with E-state index in [9.17, 15) is 9.59 Å². The first kappa shape index (κ1) is 15.4. The molecule has 1 aromatic heterocycles. The highest BCUT2D eigenvalue weighted by atomic mass is 32.1. The van der Waals surface area contributed by atoms with E-state index < -0.39 is 5.97 Å². The fraction of sp³-hybridized carbons (Fsp3) is 0.250. The van der Waals surface area contributed by atoms with Crippen LogP contribution in [0.15, 0.2) is 29.6 Å². The van der Waals surface area contributed by atoms with Crippen molar-refractivity contribution < 1.29 is 28.5 Å². The Labute approximate surface area is 136 Å². The lowest BCUT2D eigenvalue weighted by atomic mass is 10.1. The number of fused-ring (bicyclic) bond motifs is 1. The largest absolute Gasteiger partial charge is 0.493 e. The molecule has 0 unspecified atom stereocenters. The number of esters is 1. The molecule has 0 atom stereocenters. The zero-order valence-corrected chi connectivity index (χ0v) is 13.2. The minimum Gasteiger partial charge on any atom is -0.493 e. The summed E-state index contributed by atoms with van der Waals surface area (Å²) in [5.41, 5.74) is 0.241. The normalized spacial score (nSPS) is 12.6. The van der Waals surface area contributed by atoms with Crippen molar-refractivity contribution in [1.29, 1.82) is 0 Å². The van der Waals surface area contributed by atoms with Crippen LogP contribution in [0.3, 0.4) is 0 Å². The van der Waals surface area contributed by atoms with Crippen LogP contribution >= 0.6 is 11.3 Å². The predicted molar refractivity (Wildman–Crippen MR) is 82.9 cm³/mol. The molecule has 0 radical (unpaired) electrons.